The Hall–Kier alpha value is -1.71. The van der Waals surface area contributed by atoms with Crippen LogP contribution in [0, 0.1) is 11.8 Å². The van der Waals surface area contributed by atoms with Crippen LogP contribution in [0.1, 0.15) is 65.2 Å². The molecule has 9 heteroatoms. The highest BCUT2D eigenvalue weighted by Gasteiger charge is 2.77. The van der Waals surface area contributed by atoms with E-state index in [0.29, 0.717) is 32.4 Å². The van der Waals surface area contributed by atoms with Gasteiger partial charge in [0.15, 0.2) is 0 Å². The Bertz CT molecular complexity index is 849. The first-order chi connectivity index (χ1) is 17.8. The summed E-state index contributed by atoms with van der Waals surface area (Å²) in [7, 11) is 0. The Kier molecular flexibility index (Phi) is 10.8. The summed E-state index contributed by atoms with van der Waals surface area (Å²) >= 11 is 3.68. The van der Waals surface area contributed by atoms with E-state index in [1.54, 1.807) is 11.0 Å². The minimum atomic E-state index is -1.15. The third-order valence-electron chi connectivity index (χ3n) is 8.05. The fourth-order valence-corrected chi connectivity index (χ4v) is 7.20. The van der Waals surface area contributed by atoms with Crippen LogP contribution in [0.4, 0.5) is 0 Å². The summed E-state index contributed by atoms with van der Waals surface area (Å²) in [6.45, 7) is 12.4. The van der Waals surface area contributed by atoms with Crippen molar-refractivity contribution in [1.29, 1.82) is 0 Å². The van der Waals surface area contributed by atoms with Gasteiger partial charge in [-0.15, -0.1) is 13.2 Å². The smallest absolute Gasteiger partial charge is 0.312 e. The van der Waals surface area contributed by atoms with Gasteiger partial charge in [0.2, 0.25) is 11.8 Å². The van der Waals surface area contributed by atoms with Gasteiger partial charge in [0.1, 0.15) is 11.6 Å². The van der Waals surface area contributed by atoms with Crippen LogP contribution in [0.2, 0.25) is 0 Å². The molecule has 3 unspecified atom stereocenters. The lowest BCUT2D eigenvalue weighted by molar-refractivity contribution is -0.156. The number of rotatable bonds is 16. The van der Waals surface area contributed by atoms with Crippen LogP contribution in [-0.2, 0) is 23.9 Å². The fourth-order valence-electron chi connectivity index (χ4n) is 6.26. The van der Waals surface area contributed by atoms with Crippen LogP contribution in [0.15, 0.2) is 25.3 Å². The maximum absolute atomic E-state index is 14.2. The molecule has 0 aromatic heterocycles. The minimum Gasteiger partial charge on any atom is -0.465 e. The maximum atomic E-state index is 14.2. The zero-order valence-electron chi connectivity index (χ0n) is 22.3. The van der Waals surface area contributed by atoms with E-state index in [-0.39, 0.29) is 29.9 Å². The molecule has 2 amide bonds. The summed E-state index contributed by atoms with van der Waals surface area (Å²) in [5.74, 6) is -2.58. The van der Waals surface area contributed by atoms with Gasteiger partial charge in [0.25, 0.3) is 0 Å². The number of nitrogens with zero attached hydrogens (tertiary/aromatic N) is 2. The Morgan fingerprint density at radius 3 is 2.65 bits per heavy atom. The standard InChI is InChI=1S/C28H43BrN2O6/c1-5-9-11-13-16-36-27(35)21-22-25(33)31(19(8-4)18-32)24(28(22)17-20(29)23(21)37-28)26(34)30(14-7-3)15-12-10-6-2/h5,7,19-24,32H,1,3,6,8-18H2,2,4H3/t19-,20?,21+,22-,23+,24?,28?/m0/s1. The van der Waals surface area contributed by atoms with E-state index in [2.05, 4.69) is 36.0 Å². The van der Waals surface area contributed by atoms with Gasteiger partial charge in [0.05, 0.1) is 37.2 Å². The number of carbonyl (C=O) groups excluding carboxylic acids is 3. The number of amides is 2. The van der Waals surface area contributed by atoms with Crippen molar-refractivity contribution < 1.29 is 29.0 Å². The number of hydrogen-bond donors (Lipinski definition) is 1. The molecule has 0 aliphatic carbocycles. The number of unbranched alkanes of at least 4 members (excludes halogenated alkanes) is 4. The topological polar surface area (TPSA) is 96.4 Å². The maximum Gasteiger partial charge on any atom is 0.312 e. The number of allylic oxidation sites excluding steroid dienone is 1. The molecule has 0 saturated carbocycles. The number of ether oxygens (including phenoxy) is 2. The first-order valence-corrected chi connectivity index (χ1v) is 14.7. The predicted octanol–water partition coefficient (Wildman–Crippen LogP) is 3.61. The minimum absolute atomic E-state index is 0.188. The number of carbonyl (C=O) groups is 3. The molecule has 3 fully saturated rings. The van der Waals surface area contributed by atoms with Gasteiger partial charge in [-0.25, -0.2) is 0 Å². The Labute approximate surface area is 229 Å². The van der Waals surface area contributed by atoms with Gasteiger partial charge in [-0.3, -0.25) is 14.4 Å². The fraction of sp³-hybridized carbons (Fsp3) is 0.750. The van der Waals surface area contributed by atoms with Gasteiger partial charge in [-0.05, 0) is 38.5 Å². The quantitative estimate of drug-likeness (QED) is 0.129. The van der Waals surface area contributed by atoms with Crippen molar-refractivity contribution in [2.45, 2.75) is 93.8 Å². The lowest BCUT2D eigenvalue weighted by Crippen LogP contribution is -2.59. The van der Waals surface area contributed by atoms with E-state index in [1.165, 1.54) is 4.90 Å². The SMILES string of the molecule is C=CCCCCOC(=O)[C@H]1[C@@H]2OC3(CC2Br)C(C(=O)N(CC=C)CCCCC)N([C@@H](CC)CO)C(=O)[C@H]13. The monoisotopic (exact) mass is 582 g/mol. The van der Waals surface area contributed by atoms with Gasteiger partial charge < -0.3 is 24.4 Å². The molecule has 1 spiro atoms. The van der Waals surface area contributed by atoms with Gasteiger partial charge in [0, 0.05) is 17.9 Å². The average Bonchev–Trinajstić information content (AvgIpc) is 3.47. The van der Waals surface area contributed by atoms with Crippen LogP contribution in [0.5, 0.6) is 0 Å². The molecule has 3 saturated heterocycles. The average molecular weight is 584 g/mol. The highest BCUT2D eigenvalue weighted by molar-refractivity contribution is 9.09. The number of aliphatic hydroxyl groups excluding tert-OH is 1. The summed E-state index contributed by atoms with van der Waals surface area (Å²) in [4.78, 5) is 44.6. The molecule has 37 heavy (non-hydrogen) atoms. The van der Waals surface area contributed by atoms with Crippen LogP contribution in [0.25, 0.3) is 0 Å². The first-order valence-electron chi connectivity index (χ1n) is 13.7. The molecular weight excluding hydrogens is 540 g/mol. The summed E-state index contributed by atoms with van der Waals surface area (Å²) in [5.41, 5.74) is -1.15. The second kappa shape index (κ2) is 13.4. The molecule has 8 nitrogen and oxygen atoms in total. The molecule has 0 aromatic carbocycles. The molecular formula is C28H43BrN2O6. The Morgan fingerprint density at radius 2 is 2.03 bits per heavy atom. The predicted molar refractivity (Wildman–Crippen MR) is 145 cm³/mol. The second-order valence-corrected chi connectivity index (χ2v) is 11.6. The molecule has 3 aliphatic rings. The first kappa shape index (κ1) is 29.8. The number of hydrogen-bond acceptors (Lipinski definition) is 6. The highest BCUT2D eigenvalue weighted by Crippen LogP contribution is 2.60. The summed E-state index contributed by atoms with van der Waals surface area (Å²) < 4.78 is 12.1. The molecule has 3 rings (SSSR count). The zero-order chi connectivity index (χ0) is 27.2. The lowest BCUT2D eigenvalue weighted by Gasteiger charge is -2.39. The number of likely N-dealkylation sites (tertiary alicyclic amines) is 1. The van der Waals surface area contributed by atoms with Crippen LogP contribution in [-0.4, -0.2) is 87.6 Å². The van der Waals surface area contributed by atoms with E-state index in [1.807, 2.05) is 13.0 Å². The van der Waals surface area contributed by atoms with E-state index in [9.17, 15) is 19.5 Å². The lowest BCUT2D eigenvalue weighted by atomic mass is 9.70. The number of aliphatic hydroxyl groups is 1. The number of alkyl halides is 1. The molecule has 3 heterocycles. The third kappa shape index (κ3) is 5.69. The number of fused-ring (bicyclic) bond motifs is 1. The van der Waals surface area contributed by atoms with E-state index < -0.39 is 41.6 Å². The van der Waals surface area contributed by atoms with E-state index in [4.69, 9.17) is 9.47 Å². The summed E-state index contributed by atoms with van der Waals surface area (Å²) in [6.07, 6.45) is 9.15. The van der Waals surface area contributed by atoms with E-state index >= 15 is 0 Å². The number of esters is 1. The van der Waals surface area contributed by atoms with E-state index in [0.717, 1.165) is 32.1 Å². The largest absolute Gasteiger partial charge is 0.465 e. The van der Waals surface area contributed by atoms with Gasteiger partial charge >= 0.3 is 5.97 Å². The zero-order valence-corrected chi connectivity index (χ0v) is 23.9. The van der Waals surface area contributed by atoms with Crippen molar-refractivity contribution in [3.8, 4) is 0 Å². The van der Waals surface area contributed by atoms with Crippen molar-refractivity contribution in [3.05, 3.63) is 25.3 Å². The van der Waals surface area contributed by atoms with Crippen molar-refractivity contribution >= 4 is 33.7 Å². The molecule has 3 aliphatic heterocycles. The highest BCUT2D eigenvalue weighted by atomic mass is 79.9. The third-order valence-corrected chi connectivity index (χ3v) is 8.89. The second-order valence-electron chi connectivity index (χ2n) is 10.4. The van der Waals surface area contributed by atoms with Crippen LogP contribution >= 0.6 is 15.9 Å². The van der Waals surface area contributed by atoms with Crippen molar-refractivity contribution in [2.24, 2.45) is 11.8 Å². The molecule has 0 radical (unpaired) electrons. The molecule has 0 aromatic rings. The van der Waals surface area contributed by atoms with Crippen molar-refractivity contribution in [3.63, 3.8) is 0 Å². The summed E-state index contributed by atoms with van der Waals surface area (Å²) in [6, 6.07) is -1.46. The molecule has 7 atom stereocenters. The number of halogens is 1. The normalized spacial score (nSPS) is 30.8. The Balaban J connectivity index is 1.95. The van der Waals surface area contributed by atoms with Crippen molar-refractivity contribution in [2.75, 3.05) is 26.3 Å². The molecule has 208 valence electrons. The van der Waals surface area contributed by atoms with Gasteiger partial charge in [-0.2, -0.15) is 0 Å². The van der Waals surface area contributed by atoms with Crippen LogP contribution < -0.4 is 0 Å². The van der Waals surface area contributed by atoms with Gasteiger partial charge in [-0.1, -0.05) is 54.8 Å². The van der Waals surface area contributed by atoms with Crippen molar-refractivity contribution in [1.82, 2.24) is 9.80 Å². The van der Waals surface area contributed by atoms with Crippen LogP contribution in [0.3, 0.4) is 0 Å². The summed E-state index contributed by atoms with van der Waals surface area (Å²) in [5, 5.41) is 10.2. The molecule has 1 N–H and O–H groups in total. The Morgan fingerprint density at radius 1 is 1.27 bits per heavy atom. The molecule has 2 bridgehead atoms.